The average molecular weight is 286 g/mol. The number of rotatable bonds is 6. The van der Waals surface area contributed by atoms with E-state index >= 15 is 0 Å². The van der Waals surface area contributed by atoms with Crippen LogP contribution in [0.15, 0.2) is 35.7 Å². The summed E-state index contributed by atoms with van der Waals surface area (Å²) in [6.45, 7) is -0.773. The summed E-state index contributed by atoms with van der Waals surface area (Å²) in [4.78, 5) is 11.0. The van der Waals surface area contributed by atoms with Gasteiger partial charge < -0.3 is 5.11 Å². The van der Waals surface area contributed by atoms with Crippen molar-refractivity contribution >= 4 is 22.0 Å². The Bertz CT molecular complexity index is 541. The molecule has 1 aromatic rings. The van der Waals surface area contributed by atoms with E-state index in [0.717, 1.165) is 5.41 Å². The zero-order valence-corrected chi connectivity index (χ0v) is 10.7. The van der Waals surface area contributed by atoms with Gasteiger partial charge in [0, 0.05) is 5.41 Å². The summed E-state index contributed by atoms with van der Waals surface area (Å²) in [5.41, 5.74) is 1.93. The highest BCUT2D eigenvalue weighted by atomic mass is 32.2. The quantitative estimate of drug-likeness (QED) is 0.413. The summed E-state index contributed by atoms with van der Waals surface area (Å²) in [6, 6.07) is 7.24. The highest BCUT2D eigenvalue weighted by Gasteiger charge is 2.21. The second-order valence-electron chi connectivity index (χ2n) is 3.59. The molecule has 0 aromatic heterocycles. The second-order valence-corrected chi connectivity index (χ2v) is 5.19. The van der Waals surface area contributed by atoms with Crippen LogP contribution in [-0.4, -0.2) is 37.3 Å². The van der Waals surface area contributed by atoms with Crippen molar-refractivity contribution in [2.75, 3.05) is 6.61 Å². The van der Waals surface area contributed by atoms with Crippen molar-refractivity contribution in [1.29, 1.82) is 0 Å². The van der Waals surface area contributed by atoms with Crippen LogP contribution < -0.4 is 10.2 Å². The van der Waals surface area contributed by atoms with Crippen molar-refractivity contribution in [2.24, 2.45) is 0 Å². The van der Waals surface area contributed by atoms with Crippen LogP contribution >= 0.6 is 0 Å². The molecule has 104 valence electrons. The number of aliphatic hydroxyl groups is 1. The molecule has 1 rings (SSSR count). The van der Waals surface area contributed by atoms with E-state index in [4.69, 9.17) is 10.3 Å². The Kier molecular flexibility index (Phi) is 5.64. The lowest BCUT2D eigenvalue weighted by molar-refractivity contribution is -0.131. The van der Waals surface area contributed by atoms with E-state index in [2.05, 4.69) is 0 Å². The van der Waals surface area contributed by atoms with Crippen molar-refractivity contribution in [2.45, 2.75) is 6.04 Å². The minimum Gasteiger partial charge on any atom is -0.394 e. The van der Waals surface area contributed by atoms with Crippen LogP contribution in [0.4, 0.5) is 0 Å². The lowest BCUT2D eigenvalue weighted by Crippen LogP contribution is -2.47. The van der Waals surface area contributed by atoms with E-state index < -0.39 is 28.6 Å². The van der Waals surface area contributed by atoms with Gasteiger partial charge in [-0.2, -0.15) is 4.72 Å². The van der Waals surface area contributed by atoms with Crippen LogP contribution in [-0.2, 0) is 14.8 Å². The van der Waals surface area contributed by atoms with Gasteiger partial charge >= 0.3 is 0 Å². The van der Waals surface area contributed by atoms with Gasteiger partial charge in [0.2, 0.25) is 10.0 Å². The van der Waals surface area contributed by atoms with Crippen molar-refractivity contribution < 1.29 is 23.5 Å². The minimum absolute atomic E-state index is 0.667. The predicted octanol–water partition coefficient (Wildman–Crippen LogP) is -0.557. The van der Waals surface area contributed by atoms with E-state index in [1.54, 1.807) is 30.3 Å². The lowest BCUT2D eigenvalue weighted by Gasteiger charge is -2.12. The van der Waals surface area contributed by atoms with Crippen molar-refractivity contribution in [3.63, 3.8) is 0 Å². The van der Waals surface area contributed by atoms with E-state index in [1.807, 2.05) is 4.72 Å². The van der Waals surface area contributed by atoms with E-state index in [0.29, 0.717) is 5.56 Å². The molecule has 0 fully saturated rings. The lowest BCUT2D eigenvalue weighted by atomic mass is 10.2. The fourth-order valence-electron chi connectivity index (χ4n) is 1.22. The first-order chi connectivity index (χ1) is 8.98. The Morgan fingerprint density at radius 1 is 1.32 bits per heavy atom. The average Bonchev–Trinajstić information content (AvgIpc) is 2.43. The summed E-state index contributed by atoms with van der Waals surface area (Å²) in [5.74, 6) is -1.04. The van der Waals surface area contributed by atoms with E-state index in [-0.39, 0.29) is 0 Å². The molecule has 0 saturated heterocycles. The van der Waals surface area contributed by atoms with Crippen LogP contribution in [0.5, 0.6) is 0 Å². The normalized spacial score (nSPS) is 13.4. The van der Waals surface area contributed by atoms with Crippen LogP contribution in [0.1, 0.15) is 5.56 Å². The number of hydroxylamine groups is 1. The van der Waals surface area contributed by atoms with Gasteiger partial charge in [-0.15, -0.1) is 0 Å². The van der Waals surface area contributed by atoms with Gasteiger partial charge in [0.05, 0.1) is 6.61 Å². The zero-order valence-electron chi connectivity index (χ0n) is 9.85. The zero-order chi connectivity index (χ0) is 14.3. The van der Waals surface area contributed by atoms with Crippen LogP contribution in [0.3, 0.4) is 0 Å². The van der Waals surface area contributed by atoms with E-state index in [1.165, 1.54) is 11.6 Å². The molecule has 0 heterocycles. The van der Waals surface area contributed by atoms with Gasteiger partial charge in [-0.1, -0.05) is 30.3 Å². The maximum Gasteiger partial charge on any atom is 0.263 e. The molecule has 0 bridgehead atoms. The molecular formula is C11H14N2O5S. The van der Waals surface area contributed by atoms with Crippen molar-refractivity contribution in [1.82, 2.24) is 10.2 Å². The Balaban J connectivity index is 2.76. The summed E-state index contributed by atoms with van der Waals surface area (Å²) in [7, 11) is -3.91. The van der Waals surface area contributed by atoms with Gasteiger partial charge in [-0.05, 0) is 11.6 Å². The summed E-state index contributed by atoms with van der Waals surface area (Å²) < 4.78 is 25.2. The Morgan fingerprint density at radius 3 is 2.47 bits per heavy atom. The maximum absolute atomic E-state index is 11.6. The standard InChI is InChI=1S/C11H14N2O5S/c14-8-10(11(15)12-16)13-19(17,18)7-6-9-4-2-1-3-5-9/h1-7,10,13-14,16H,8H2,(H,12,15)/b7-6+/t10-/m1/s1. The molecule has 0 radical (unpaired) electrons. The molecule has 7 nitrogen and oxygen atoms in total. The molecule has 4 N–H and O–H groups in total. The fourth-order valence-corrected chi connectivity index (χ4v) is 2.21. The highest BCUT2D eigenvalue weighted by Crippen LogP contribution is 2.03. The summed E-state index contributed by atoms with van der Waals surface area (Å²) >= 11 is 0. The molecule has 1 amide bonds. The first-order valence-corrected chi connectivity index (χ1v) is 6.83. The first-order valence-electron chi connectivity index (χ1n) is 5.29. The molecule has 1 atom stereocenters. The molecule has 8 heteroatoms. The number of aliphatic hydroxyl groups excluding tert-OH is 1. The van der Waals surface area contributed by atoms with Crippen molar-refractivity contribution in [3.05, 3.63) is 41.3 Å². The number of carbonyl (C=O) groups is 1. The third kappa shape index (κ3) is 5.18. The van der Waals surface area contributed by atoms with Crippen LogP contribution in [0, 0.1) is 0 Å². The van der Waals surface area contributed by atoms with Crippen LogP contribution in [0.25, 0.3) is 6.08 Å². The number of nitrogens with one attached hydrogen (secondary N) is 2. The van der Waals surface area contributed by atoms with Gasteiger partial charge in [0.1, 0.15) is 6.04 Å². The number of hydrogen-bond acceptors (Lipinski definition) is 5. The molecule has 19 heavy (non-hydrogen) atoms. The molecule has 0 aliphatic heterocycles. The number of benzene rings is 1. The number of hydrogen-bond donors (Lipinski definition) is 4. The van der Waals surface area contributed by atoms with Crippen molar-refractivity contribution in [3.8, 4) is 0 Å². The Hall–Kier alpha value is -1.74. The highest BCUT2D eigenvalue weighted by molar-refractivity contribution is 7.92. The van der Waals surface area contributed by atoms with Gasteiger partial charge in [0.25, 0.3) is 5.91 Å². The SMILES string of the molecule is O=C(NO)[C@@H](CO)NS(=O)(=O)/C=C/c1ccccc1. The van der Waals surface area contributed by atoms with Gasteiger partial charge in [-0.3, -0.25) is 10.0 Å². The van der Waals surface area contributed by atoms with Gasteiger partial charge in [0.15, 0.2) is 0 Å². The predicted molar refractivity (Wildman–Crippen MR) is 68.3 cm³/mol. The first kappa shape index (κ1) is 15.3. The number of sulfonamides is 1. The van der Waals surface area contributed by atoms with E-state index in [9.17, 15) is 13.2 Å². The smallest absolute Gasteiger partial charge is 0.263 e. The largest absolute Gasteiger partial charge is 0.394 e. The molecule has 1 aromatic carbocycles. The number of amides is 1. The molecular weight excluding hydrogens is 272 g/mol. The maximum atomic E-state index is 11.6. The third-order valence-corrected chi connectivity index (χ3v) is 3.26. The Labute approximate surface area is 110 Å². The molecule has 0 aliphatic rings. The fraction of sp³-hybridized carbons (Fsp3) is 0.182. The number of carbonyl (C=O) groups excluding carboxylic acids is 1. The van der Waals surface area contributed by atoms with Gasteiger partial charge in [-0.25, -0.2) is 13.9 Å². The molecule has 0 spiro atoms. The molecule has 0 saturated carbocycles. The molecule has 0 unspecified atom stereocenters. The summed E-state index contributed by atoms with van der Waals surface area (Å²) in [5, 5.41) is 18.1. The van der Waals surface area contributed by atoms with Crippen LogP contribution in [0.2, 0.25) is 0 Å². The third-order valence-electron chi connectivity index (χ3n) is 2.15. The second kappa shape index (κ2) is 7.00. The monoisotopic (exact) mass is 286 g/mol. The summed E-state index contributed by atoms with van der Waals surface area (Å²) in [6.07, 6.45) is 1.34. The molecule has 0 aliphatic carbocycles. The minimum atomic E-state index is -3.91. The Morgan fingerprint density at radius 2 is 1.95 bits per heavy atom. The topological polar surface area (TPSA) is 116 Å².